The summed E-state index contributed by atoms with van der Waals surface area (Å²) in [6.45, 7) is 10.9. The Morgan fingerprint density at radius 2 is 1.66 bits per heavy atom. The first-order chi connectivity index (χ1) is 27.8. The molecule has 58 heavy (non-hydrogen) atoms. The Morgan fingerprint density at radius 1 is 0.931 bits per heavy atom. The third kappa shape index (κ3) is 10.6. The number of pyridine rings is 1. The Morgan fingerprint density at radius 3 is 2.34 bits per heavy atom. The Hall–Kier alpha value is -5.33. The molecular formula is C46H56N6O5S. The maximum atomic E-state index is 14.0. The summed E-state index contributed by atoms with van der Waals surface area (Å²) in [6.07, 6.45) is 2.74. The monoisotopic (exact) mass is 804 g/mol. The zero-order valence-electron chi connectivity index (χ0n) is 34.7. The van der Waals surface area contributed by atoms with E-state index in [0.717, 1.165) is 61.7 Å². The van der Waals surface area contributed by atoms with Crippen molar-refractivity contribution in [1.82, 2.24) is 25.5 Å². The SMILES string of the molecule is Cc1ncsc1-c1ccc([C@H](C)NC(=O)[C@@H]2CCCN2C(=O)C(NC(=O)COCCCCOc2ccc3nc(-c4ccc(N(C)C)cc4)ccc3c2)C(C)(C)C)cc1. The van der Waals surface area contributed by atoms with Crippen molar-refractivity contribution in [2.24, 2.45) is 5.41 Å². The second-order valence-electron chi connectivity index (χ2n) is 16.3. The van der Waals surface area contributed by atoms with Crippen LogP contribution in [0.1, 0.15) is 70.7 Å². The van der Waals surface area contributed by atoms with Crippen LogP contribution < -0.4 is 20.3 Å². The van der Waals surface area contributed by atoms with Gasteiger partial charge in [-0.25, -0.2) is 9.97 Å². The number of unbranched alkanes of at least 4 members (excludes halogenated alkanes) is 1. The Bertz CT molecular complexity index is 2180. The molecule has 0 aliphatic carbocycles. The van der Waals surface area contributed by atoms with Gasteiger partial charge in [-0.05, 0) is 92.5 Å². The molecule has 1 aliphatic heterocycles. The number of aryl methyl sites for hydroxylation is 1. The first-order valence-corrected chi connectivity index (χ1v) is 21.0. The molecule has 1 aliphatic rings. The van der Waals surface area contributed by atoms with Gasteiger partial charge in [0.1, 0.15) is 24.4 Å². The molecule has 11 nitrogen and oxygen atoms in total. The molecule has 3 heterocycles. The summed E-state index contributed by atoms with van der Waals surface area (Å²) in [4.78, 5) is 54.6. The van der Waals surface area contributed by atoms with Crippen LogP contribution in [0.4, 0.5) is 5.69 Å². The van der Waals surface area contributed by atoms with Crippen molar-refractivity contribution in [2.45, 2.75) is 78.4 Å². The highest BCUT2D eigenvalue weighted by molar-refractivity contribution is 7.13. The molecule has 3 amide bonds. The summed E-state index contributed by atoms with van der Waals surface area (Å²) in [5.74, 6) is -0.0435. The number of carbonyl (C=O) groups excluding carboxylic acids is 3. The summed E-state index contributed by atoms with van der Waals surface area (Å²) >= 11 is 1.60. The van der Waals surface area contributed by atoms with Crippen LogP contribution in [0.3, 0.4) is 0 Å². The molecule has 3 atom stereocenters. The quantitative estimate of drug-likeness (QED) is 0.0963. The number of anilines is 1. The lowest BCUT2D eigenvalue weighted by Crippen LogP contribution is -2.58. The van der Waals surface area contributed by atoms with Gasteiger partial charge in [0.2, 0.25) is 17.7 Å². The highest BCUT2D eigenvalue weighted by Crippen LogP contribution is 2.30. The fraction of sp³-hybridized carbons (Fsp3) is 0.413. The molecule has 2 N–H and O–H groups in total. The molecule has 0 radical (unpaired) electrons. The first kappa shape index (κ1) is 42.3. The minimum atomic E-state index is -0.816. The van der Waals surface area contributed by atoms with Crippen molar-refractivity contribution in [2.75, 3.05) is 45.4 Å². The van der Waals surface area contributed by atoms with Crippen molar-refractivity contribution >= 4 is 45.6 Å². The Kier molecular flexibility index (Phi) is 13.8. The number of hydrogen-bond acceptors (Lipinski definition) is 9. The third-order valence-corrected chi connectivity index (χ3v) is 11.5. The summed E-state index contributed by atoms with van der Waals surface area (Å²) in [5.41, 5.74) is 8.35. The van der Waals surface area contributed by atoms with Crippen molar-refractivity contribution in [3.8, 4) is 27.4 Å². The number of thiazole rings is 1. The molecule has 3 aromatic carbocycles. The first-order valence-electron chi connectivity index (χ1n) is 20.1. The lowest BCUT2D eigenvalue weighted by molar-refractivity contribution is -0.144. The molecular weight excluding hydrogens is 749 g/mol. The van der Waals surface area contributed by atoms with E-state index in [4.69, 9.17) is 14.5 Å². The van der Waals surface area contributed by atoms with Crippen molar-refractivity contribution in [1.29, 1.82) is 0 Å². The number of amides is 3. The van der Waals surface area contributed by atoms with Gasteiger partial charge in [-0.15, -0.1) is 11.3 Å². The number of hydrogen-bond donors (Lipinski definition) is 2. The van der Waals surface area contributed by atoms with Crippen LogP contribution in [0.2, 0.25) is 0 Å². The second-order valence-corrected chi connectivity index (χ2v) is 17.1. The number of nitrogens with zero attached hydrogens (tertiary/aromatic N) is 4. The molecule has 6 rings (SSSR count). The molecule has 0 bridgehead atoms. The van der Waals surface area contributed by atoms with Gasteiger partial charge in [-0.3, -0.25) is 14.4 Å². The molecule has 0 spiro atoms. The van der Waals surface area contributed by atoms with Crippen LogP contribution in [0, 0.1) is 12.3 Å². The van der Waals surface area contributed by atoms with Crippen molar-refractivity contribution in [3.05, 3.63) is 95.6 Å². The van der Waals surface area contributed by atoms with E-state index in [1.54, 1.807) is 16.2 Å². The van der Waals surface area contributed by atoms with E-state index >= 15 is 0 Å². The van der Waals surface area contributed by atoms with E-state index in [1.807, 2.05) is 103 Å². The van der Waals surface area contributed by atoms with Crippen molar-refractivity contribution < 1.29 is 23.9 Å². The van der Waals surface area contributed by atoms with Crippen LogP contribution in [-0.2, 0) is 19.1 Å². The van der Waals surface area contributed by atoms with Crippen LogP contribution in [0.15, 0.2) is 84.4 Å². The van der Waals surface area contributed by atoms with E-state index in [1.165, 1.54) is 0 Å². The zero-order chi connectivity index (χ0) is 41.4. The lowest BCUT2D eigenvalue weighted by atomic mass is 9.85. The number of fused-ring (bicyclic) bond motifs is 1. The number of likely N-dealkylation sites (tertiary alicyclic amines) is 1. The molecule has 1 fully saturated rings. The largest absolute Gasteiger partial charge is 0.494 e. The third-order valence-electron chi connectivity index (χ3n) is 10.6. The number of ether oxygens (including phenoxy) is 2. The maximum Gasteiger partial charge on any atom is 0.246 e. The minimum absolute atomic E-state index is 0.164. The predicted molar refractivity (Wildman–Crippen MR) is 232 cm³/mol. The average molecular weight is 805 g/mol. The number of aromatic nitrogens is 2. The number of carbonyl (C=O) groups is 3. The molecule has 1 unspecified atom stereocenters. The van der Waals surface area contributed by atoms with Gasteiger partial charge in [0.15, 0.2) is 0 Å². The smallest absolute Gasteiger partial charge is 0.246 e. The van der Waals surface area contributed by atoms with Crippen LogP contribution in [0.25, 0.3) is 32.6 Å². The standard InChI is InChI=1S/C46H56N6O5S/c1-30(32-12-14-34(15-13-32)42-31(2)47-29-58-42)48-44(54)40-11-10-24-52(40)45(55)43(46(3,4)5)50-41(53)28-56-25-8-9-26-57-37-21-23-39-35(27-37)18-22-38(49-39)33-16-19-36(20-17-33)51(6)7/h12-23,27,29-30,40,43H,8-11,24-26,28H2,1-7H3,(H,48,54)(H,50,53)/t30-,40-,43?/m0/s1. The van der Waals surface area contributed by atoms with Gasteiger partial charge in [0.05, 0.1) is 39.9 Å². The van der Waals surface area contributed by atoms with Gasteiger partial charge in [0, 0.05) is 43.9 Å². The number of benzene rings is 3. The van der Waals surface area contributed by atoms with E-state index in [-0.39, 0.29) is 30.4 Å². The highest BCUT2D eigenvalue weighted by Gasteiger charge is 2.42. The van der Waals surface area contributed by atoms with E-state index in [2.05, 4.69) is 50.8 Å². The van der Waals surface area contributed by atoms with Crippen LogP contribution in [-0.4, -0.2) is 85.1 Å². The minimum Gasteiger partial charge on any atom is -0.494 e. The zero-order valence-corrected chi connectivity index (χ0v) is 35.5. The lowest BCUT2D eigenvalue weighted by Gasteiger charge is -2.35. The maximum absolute atomic E-state index is 14.0. The molecule has 2 aromatic heterocycles. The molecule has 0 saturated carbocycles. The van der Waals surface area contributed by atoms with Gasteiger partial charge in [-0.1, -0.05) is 63.2 Å². The molecule has 12 heteroatoms. The summed E-state index contributed by atoms with van der Waals surface area (Å²) < 4.78 is 11.7. The fourth-order valence-electron chi connectivity index (χ4n) is 7.16. The van der Waals surface area contributed by atoms with Crippen LogP contribution >= 0.6 is 11.3 Å². The normalized spacial score (nSPS) is 15.2. The van der Waals surface area contributed by atoms with Gasteiger partial charge >= 0.3 is 0 Å². The number of rotatable bonds is 16. The Labute approximate surface area is 346 Å². The average Bonchev–Trinajstić information content (AvgIpc) is 3.88. The molecule has 306 valence electrons. The predicted octanol–water partition coefficient (Wildman–Crippen LogP) is 7.97. The van der Waals surface area contributed by atoms with E-state index in [9.17, 15) is 14.4 Å². The summed E-state index contributed by atoms with van der Waals surface area (Å²) in [5, 5.41) is 7.04. The van der Waals surface area contributed by atoms with Crippen LogP contribution in [0.5, 0.6) is 5.75 Å². The Balaban J connectivity index is 0.924. The molecule has 5 aromatic rings. The van der Waals surface area contributed by atoms with Gasteiger partial charge in [0.25, 0.3) is 0 Å². The topological polar surface area (TPSA) is 126 Å². The highest BCUT2D eigenvalue weighted by atomic mass is 32.1. The summed E-state index contributed by atoms with van der Waals surface area (Å²) in [7, 11) is 4.05. The van der Waals surface area contributed by atoms with Gasteiger partial charge in [-0.2, -0.15) is 0 Å². The molecule has 1 saturated heterocycles. The van der Waals surface area contributed by atoms with E-state index in [0.29, 0.717) is 39.0 Å². The second kappa shape index (κ2) is 18.9. The van der Waals surface area contributed by atoms with Crippen molar-refractivity contribution in [3.63, 3.8) is 0 Å². The number of nitrogens with one attached hydrogen (secondary N) is 2. The van der Waals surface area contributed by atoms with E-state index < -0.39 is 17.5 Å². The summed E-state index contributed by atoms with van der Waals surface area (Å²) in [6, 6.07) is 24.8. The fourth-order valence-corrected chi connectivity index (χ4v) is 7.97. The van der Waals surface area contributed by atoms with Gasteiger partial charge < -0.3 is 29.9 Å².